The lowest BCUT2D eigenvalue weighted by molar-refractivity contribution is 0.0938. The summed E-state index contributed by atoms with van der Waals surface area (Å²) in [5.41, 5.74) is 4.63. The molecule has 6 heteroatoms. The molecule has 0 unspecified atom stereocenters. The van der Waals surface area contributed by atoms with Gasteiger partial charge in [-0.3, -0.25) is 9.59 Å². The second kappa shape index (κ2) is 10.1. The molecule has 6 nitrogen and oxygen atoms in total. The zero-order valence-corrected chi connectivity index (χ0v) is 18.1. The fourth-order valence-corrected chi connectivity index (χ4v) is 3.32. The molecule has 0 radical (unpaired) electrons. The summed E-state index contributed by atoms with van der Waals surface area (Å²) < 4.78 is 5.13. The highest BCUT2D eigenvalue weighted by atomic mass is 16.5. The van der Waals surface area contributed by atoms with Crippen molar-refractivity contribution in [2.45, 2.75) is 26.3 Å². The zero-order valence-electron chi connectivity index (χ0n) is 18.1. The highest BCUT2D eigenvalue weighted by Gasteiger charge is 2.18. The second-order valence-corrected chi connectivity index (χ2v) is 7.43. The molecule has 0 fully saturated rings. The highest BCUT2D eigenvalue weighted by Crippen LogP contribution is 2.20. The van der Waals surface area contributed by atoms with E-state index in [-0.39, 0.29) is 17.9 Å². The third-order valence-electron chi connectivity index (χ3n) is 5.21. The molecule has 0 aliphatic heterocycles. The van der Waals surface area contributed by atoms with E-state index in [1.807, 2.05) is 40.1 Å². The summed E-state index contributed by atoms with van der Waals surface area (Å²) in [6.45, 7) is 4.57. The Balaban J connectivity index is 2.10. The molecular weight excluding hydrogens is 366 g/mol. The Morgan fingerprint density at radius 1 is 1.00 bits per heavy atom. The van der Waals surface area contributed by atoms with Crippen LogP contribution in [0.5, 0.6) is 5.75 Å². The number of aryl methyl sites for hydroxylation is 2. The molecule has 2 aromatic rings. The van der Waals surface area contributed by atoms with Crippen LogP contribution in [0, 0.1) is 13.8 Å². The Morgan fingerprint density at radius 3 is 2.07 bits per heavy atom. The normalized spacial score (nSPS) is 11.8. The lowest BCUT2D eigenvalue weighted by Crippen LogP contribution is -2.41. The van der Waals surface area contributed by atoms with E-state index in [4.69, 9.17) is 4.74 Å². The Bertz CT molecular complexity index is 837. The molecule has 2 aromatic carbocycles. The summed E-state index contributed by atoms with van der Waals surface area (Å²) >= 11 is 0. The maximum absolute atomic E-state index is 12.5. The van der Waals surface area contributed by atoms with Crippen molar-refractivity contribution in [3.8, 4) is 5.75 Å². The quantitative estimate of drug-likeness (QED) is 0.718. The maximum atomic E-state index is 12.5. The molecule has 29 heavy (non-hydrogen) atoms. The number of ether oxygens (including phenoxy) is 1. The van der Waals surface area contributed by atoms with Gasteiger partial charge in [0.1, 0.15) is 5.75 Å². The summed E-state index contributed by atoms with van der Waals surface area (Å²) in [4.78, 5) is 26.5. The number of nitrogens with one attached hydrogen (secondary N) is 2. The fraction of sp³-hybridized carbons (Fsp3) is 0.391. The van der Waals surface area contributed by atoms with Gasteiger partial charge in [-0.1, -0.05) is 0 Å². The van der Waals surface area contributed by atoms with E-state index >= 15 is 0 Å². The molecule has 0 saturated carbocycles. The standard InChI is InChI=1S/C23H31N3O3/c1-15-11-18(22(27)24-3)12-16(2)21(15)13-19(26(4)5)14-25-23(28)17-7-9-20(29-6)10-8-17/h7-12,19H,13-14H2,1-6H3,(H,24,27)(H,25,28)/t19-/m0/s1. The van der Waals surface area contributed by atoms with E-state index in [2.05, 4.69) is 15.5 Å². The number of benzene rings is 2. The van der Waals surface area contributed by atoms with Gasteiger partial charge in [-0.05, 0) is 87.5 Å². The van der Waals surface area contributed by atoms with Crippen LogP contribution in [0.2, 0.25) is 0 Å². The molecular formula is C23H31N3O3. The number of likely N-dealkylation sites (N-methyl/N-ethyl adjacent to an activating group) is 1. The van der Waals surface area contributed by atoms with Crippen molar-refractivity contribution in [3.63, 3.8) is 0 Å². The number of carbonyl (C=O) groups is 2. The van der Waals surface area contributed by atoms with E-state index in [9.17, 15) is 9.59 Å². The van der Waals surface area contributed by atoms with Crippen molar-refractivity contribution in [3.05, 3.63) is 64.2 Å². The van der Waals surface area contributed by atoms with Crippen molar-refractivity contribution in [1.82, 2.24) is 15.5 Å². The van der Waals surface area contributed by atoms with Crippen molar-refractivity contribution in [2.24, 2.45) is 0 Å². The molecule has 1 atom stereocenters. The van der Waals surface area contributed by atoms with Crippen LogP contribution in [0.4, 0.5) is 0 Å². The second-order valence-electron chi connectivity index (χ2n) is 7.43. The van der Waals surface area contributed by atoms with Gasteiger partial charge in [-0.25, -0.2) is 0 Å². The van der Waals surface area contributed by atoms with Crippen LogP contribution in [0.15, 0.2) is 36.4 Å². The number of amides is 2. The average molecular weight is 398 g/mol. The summed E-state index contributed by atoms with van der Waals surface area (Å²) in [6.07, 6.45) is 0.779. The Morgan fingerprint density at radius 2 is 1.59 bits per heavy atom. The van der Waals surface area contributed by atoms with Crippen LogP contribution in [0.3, 0.4) is 0 Å². The molecule has 2 amide bonds. The Kier molecular flexibility index (Phi) is 7.79. The van der Waals surface area contributed by atoms with E-state index in [1.54, 1.807) is 38.4 Å². The first kappa shape index (κ1) is 22.4. The number of carbonyl (C=O) groups excluding carboxylic acids is 2. The minimum Gasteiger partial charge on any atom is -0.497 e. The van der Waals surface area contributed by atoms with Gasteiger partial charge >= 0.3 is 0 Å². The van der Waals surface area contributed by atoms with Crippen LogP contribution in [-0.4, -0.2) is 57.6 Å². The van der Waals surface area contributed by atoms with Gasteiger partial charge in [0.2, 0.25) is 0 Å². The van der Waals surface area contributed by atoms with E-state index in [0.717, 1.165) is 23.3 Å². The van der Waals surface area contributed by atoms with Crippen molar-refractivity contribution < 1.29 is 14.3 Å². The molecule has 2 N–H and O–H groups in total. The van der Waals surface area contributed by atoms with Crippen LogP contribution in [-0.2, 0) is 6.42 Å². The maximum Gasteiger partial charge on any atom is 0.251 e. The lowest BCUT2D eigenvalue weighted by Gasteiger charge is -2.26. The van der Waals surface area contributed by atoms with Gasteiger partial charge in [0, 0.05) is 30.8 Å². The Hall–Kier alpha value is -2.86. The third kappa shape index (κ3) is 5.81. The molecule has 0 aromatic heterocycles. The monoisotopic (exact) mass is 397 g/mol. The summed E-state index contributed by atoms with van der Waals surface area (Å²) in [5, 5.41) is 5.70. The average Bonchev–Trinajstić information content (AvgIpc) is 2.71. The van der Waals surface area contributed by atoms with Crippen molar-refractivity contribution in [2.75, 3.05) is 34.8 Å². The van der Waals surface area contributed by atoms with Gasteiger partial charge in [0.25, 0.3) is 11.8 Å². The Labute approximate surface area is 173 Å². The first-order valence-electron chi connectivity index (χ1n) is 9.67. The number of methoxy groups -OCH3 is 1. The largest absolute Gasteiger partial charge is 0.497 e. The summed E-state index contributed by atoms with van der Waals surface area (Å²) in [6, 6.07) is 11.0. The summed E-state index contributed by atoms with van der Waals surface area (Å²) in [7, 11) is 7.25. The van der Waals surface area contributed by atoms with Crippen LogP contribution < -0.4 is 15.4 Å². The number of hydrogen-bond acceptors (Lipinski definition) is 4. The van der Waals surface area contributed by atoms with E-state index in [0.29, 0.717) is 17.7 Å². The van der Waals surface area contributed by atoms with E-state index in [1.165, 1.54) is 5.56 Å². The van der Waals surface area contributed by atoms with Crippen molar-refractivity contribution in [1.29, 1.82) is 0 Å². The van der Waals surface area contributed by atoms with Crippen LogP contribution >= 0.6 is 0 Å². The van der Waals surface area contributed by atoms with Gasteiger partial charge in [0.15, 0.2) is 0 Å². The van der Waals surface area contributed by atoms with Crippen LogP contribution in [0.25, 0.3) is 0 Å². The minimum atomic E-state index is -0.108. The first-order chi connectivity index (χ1) is 13.8. The SMILES string of the molecule is CNC(=O)c1cc(C)c(C[C@@H](CNC(=O)c2ccc(OC)cc2)N(C)C)c(C)c1. The molecule has 0 bridgehead atoms. The fourth-order valence-electron chi connectivity index (χ4n) is 3.32. The van der Waals surface area contributed by atoms with E-state index < -0.39 is 0 Å². The van der Waals surface area contributed by atoms with Crippen molar-refractivity contribution >= 4 is 11.8 Å². The molecule has 0 saturated heterocycles. The molecule has 0 heterocycles. The first-order valence-corrected chi connectivity index (χ1v) is 9.67. The predicted molar refractivity (Wildman–Crippen MR) is 116 cm³/mol. The molecule has 156 valence electrons. The number of nitrogens with zero attached hydrogens (tertiary/aromatic N) is 1. The predicted octanol–water partition coefficient (Wildman–Crippen LogP) is 2.57. The topological polar surface area (TPSA) is 70.7 Å². The van der Waals surface area contributed by atoms with Gasteiger partial charge in [-0.15, -0.1) is 0 Å². The molecule has 2 rings (SSSR count). The summed E-state index contributed by atoms with van der Waals surface area (Å²) in [5.74, 6) is 0.528. The van der Waals surface area contributed by atoms with Gasteiger partial charge in [0.05, 0.1) is 7.11 Å². The zero-order chi connectivity index (χ0) is 21.6. The van der Waals surface area contributed by atoms with Crippen LogP contribution in [0.1, 0.15) is 37.4 Å². The lowest BCUT2D eigenvalue weighted by atomic mass is 9.93. The number of hydrogen-bond donors (Lipinski definition) is 2. The van der Waals surface area contributed by atoms with Gasteiger partial charge < -0.3 is 20.3 Å². The molecule has 0 aliphatic rings. The minimum absolute atomic E-state index is 0.0846. The molecule has 0 spiro atoms. The highest BCUT2D eigenvalue weighted by molar-refractivity contribution is 5.95. The third-order valence-corrected chi connectivity index (χ3v) is 5.21. The number of rotatable bonds is 8. The van der Waals surface area contributed by atoms with Gasteiger partial charge in [-0.2, -0.15) is 0 Å². The molecule has 0 aliphatic carbocycles. The smallest absolute Gasteiger partial charge is 0.251 e.